The van der Waals surface area contributed by atoms with Crippen molar-refractivity contribution in [1.29, 1.82) is 0 Å². The van der Waals surface area contributed by atoms with Gasteiger partial charge < -0.3 is 20.6 Å². The third-order valence-electron chi connectivity index (χ3n) is 4.58. The van der Waals surface area contributed by atoms with Crippen molar-refractivity contribution in [2.24, 2.45) is 0 Å². The number of aliphatic hydroxyl groups is 1. The van der Waals surface area contributed by atoms with E-state index in [1.807, 2.05) is 0 Å². The predicted molar refractivity (Wildman–Crippen MR) is 85.6 cm³/mol. The average molecular weight is 336 g/mol. The van der Waals surface area contributed by atoms with Gasteiger partial charge in [-0.25, -0.2) is 9.18 Å². The molecule has 1 saturated heterocycles. The number of halogens is 1. The molecule has 0 amide bonds. The summed E-state index contributed by atoms with van der Waals surface area (Å²) in [5.41, 5.74) is -0.999. The van der Waals surface area contributed by atoms with Crippen molar-refractivity contribution < 1.29 is 14.2 Å². The number of ether oxygens (including phenoxy) is 1. The van der Waals surface area contributed by atoms with Crippen LogP contribution in [0.1, 0.15) is 18.9 Å². The molecule has 128 valence electrons. The van der Waals surface area contributed by atoms with Crippen LogP contribution in [0.25, 0.3) is 10.9 Å². The van der Waals surface area contributed by atoms with Crippen LogP contribution < -0.4 is 26.7 Å². The fraction of sp³-hybridized carbons (Fsp3) is 0.467. The minimum Gasteiger partial charge on any atom is -0.492 e. The summed E-state index contributed by atoms with van der Waals surface area (Å²) in [6.07, 6.45) is 1.03. The van der Waals surface area contributed by atoms with E-state index >= 15 is 0 Å². The van der Waals surface area contributed by atoms with Crippen LogP contribution in [-0.2, 0) is 0 Å². The van der Waals surface area contributed by atoms with Crippen molar-refractivity contribution in [3.05, 3.63) is 32.7 Å². The Labute approximate surface area is 135 Å². The first kappa shape index (κ1) is 15.0. The monoisotopic (exact) mass is 336 g/mol. The highest BCUT2D eigenvalue weighted by molar-refractivity contribution is 5.91. The van der Waals surface area contributed by atoms with Crippen molar-refractivity contribution >= 4 is 16.6 Å². The highest BCUT2D eigenvalue weighted by Gasteiger charge is 2.35. The van der Waals surface area contributed by atoms with Gasteiger partial charge in [0.2, 0.25) is 0 Å². The zero-order valence-electron chi connectivity index (χ0n) is 13.0. The van der Waals surface area contributed by atoms with Gasteiger partial charge in [-0.1, -0.05) is 0 Å². The molecule has 1 aliphatic heterocycles. The van der Waals surface area contributed by atoms with Crippen LogP contribution in [0.5, 0.6) is 5.75 Å². The Morgan fingerprint density at radius 1 is 1.33 bits per heavy atom. The van der Waals surface area contributed by atoms with Crippen molar-refractivity contribution in [3.63, 3.8) is 0 Å². The molecule has 24 heavy (non-hydrogen) atoms. The molecule has 1 aromatic heterocycles. The van der Waals surface area contributed by atoms with Gasteiger partial charge in [-0.15, -0.1) is 0 Å². The van der Waals surface area contributed by atoms with E-state index in [1.54, 1.807) is 4.90 Å². The first-order chi connectivity index (χ1) is 11.4. The lowest BCUT2D eigenvalue weighted by molar-refractivity contribution is 0.141. The number of hydrogen-bond acceptors (Lipinski definition) is 6. The molecule has 0 unspecified atom stereocenters. The van der Waals surface area contributed by atoms with E-state index in [0.717, 1.165) is 18.9 Å². The normalized spacial score (nSPS) is 18.0. The lowest BCUT2D eigenvalue weighted by Crippen LogP contribution is -2.51. The number of anilines is 1. The molecule has 2 aromatic rings. The number of nitrogens with two attached hydrogens (primary N) is 1. The maximum absolute atomic E-state index is 14.6. The second kappa shape index (κ2) is 4.97. The Morgan fingerprint density at radius 2 is 2.00 bits per heavy atom. The Morgan fingerprint density at radius 3 is 2.54 bits per heavy atom. The first-order valence-electron chi connectivity index (χ1n) is 7.70. The summed E-state index contributed by atoms with van der Waals surface area (Å²) in [5.74, 6) is 5.05. The predicted octanol–water partition coefficient (Wildman–Crippen LogP) is -0.460. The fourth-order valence-corrected chi connectivity index (χ4v) is 3.23. The molecular formula is C15H17FN4O4. The molecule has 1 aliphatic carbocycles. The SMILES string of the molecule is COc1c(N2CC(O)C2)c(F)cc2c(=O)n(N)c(=O)n(C3CC3)c12. The summed E-state index contributed by atoms with van der Waals surface area (Å²) in [6.45, 7) is 0.529. The molecule has 9 heteroatoms. The number of hydrogen-bond donors (Lipinski definition) is 2. The van der Waals surface area contributed by atoms with E-state index in [1.165, 1.54) is 11.7 Å². The van der Waals surface area contributed by atoms with E-state index in [0.29, 0.717) is 4.68 Å². The minimum atomic E-state index is -0.765. The molecule has 1 saturated carbocycles. The summed E-state index contributed by atoms with van der Waals surface area (Å²) in [7, 11) is 1.36. The number of nitrogen functional groups attached to an aromatic ring is 1. The molecule has 0 bridgehead atoms. The van der Waals surface area contributed by atoms with E-state index in [9.17, 15) is 19.1 Å². The van der Waals surface area contributed by atoms with Gasteiger partial charge in [0.1, 0.15) is 11.2 Å². The van der Waals surface area contributed by atoms with E-state index in [4.69, 9.17) is 10.6 Å². The minimum absolute atomic E-state index is 0.00294. The molecule has 2 aliphatic rings. The number of methoxy groups -OCH3 is 1. The van der Waals surface area contributed by atoms with E-state index < -0.39 is 23.2 Å². The molecule has 2 fully saturated rings. The highest BCUT2D eigenvalue weighted by Crippen LogP contribution is 2.43. The summed E-state index contributed by atoms with van der Waals surface area (Å²) in [4.78, 5) is 26.4. The molecule has 3 N–H and O–H groups in total. The lowest BCUT2D eigenvalue weighted by atomic mass is 10.1. The zero-order valence-corrected chi connectivity index (χ0v) is 13.0. The number of β-amino-alcohol motifs (C(OH)–C–C–N with tert-alkyl or cyclic N) is 1. The molecule has 0 spiro atoms. The van der Waals surface area contributed by atoms with Crippen LogP contribution in [0.15, 0.2) is 15.7 Å². The van der Waals surface area contributed by atoms with Crippen molar-refractivity contribution in [2.45, 2.75) is 25.0 Å². The molecular weight excluding hydrogens is 319 g/mol. The van der Waals surface area contributed by atoms with E-state index in [2.05, 4.69) is 0 Å². The second-order valence-corrected chi connectivity index (χ2v) is 6.25. The molecule has 8 nitrogen and oxygen atoms in total. The Balaban J connectivity index is 2.12. The van der Waals surface area contributed by atoms with Gasteiger partial charge in [0.25, 0.3) is 5.56 Å². The number of benzene rings is 1. The molecule has 1 aromatic carbocycles. The molecule has 4 rings (SSSR count). The third-order valence-corrected chi connectivity index (χ3v) is 4.58. The summed E-state index contributed by atoms with van der Waals surface area (Å²) < 4.78 is 22.0. The maximum Gasteiger partial charge on any atom is 0.350 e. The number of aliphatic hydroxyl groups excluding tert-OH is 1. The largest absolute Gasteiger partial charge is 0.492 e. The molecule has 0 radical (unpaired) electrons. The summed E-state index contributed by atoms with van der Waals surface area (Å²) in [5, 5.41) is 9.50. The number of aromatic nitrogens is 2. The highest BCUT2D eigenvalue weighted by atomic mass is 19.1. The number of nitrogens with zero attached hydrogens (tertiary/aromatic N) is 3. The van der Waals surface area contributed by atoms with Crippen LogP contribution in [0, 0.1) is 5.82 Å². The van der Waals surface area contributed by atoms with Crippen molar-refractivity contribution in [3.8, 4) is 5.75 Å². The van der Waals surface area contributed by atoms with Gasteiger partial charge in [-0.05, 0) is 18.9 Å². The average Bonchev–Trinajstić information content (AvgIpc) is 3.35. The number of fused-ring (bicyclic) bond motifs is 1. The van der Waals surface area contributed by atoms with Crippen molar-refractivity contribution in [2.75, 3.05) is 30.9 Å². The summed E-state index contributed by atoms with van der Waals surface area (Å²) >= 11 is 0. The third kappa shape index (κ3) is 1.94. The van der Waals surface area contributed by atoms with Crippen LogP contribution in [0.2, 0.25) is 0 Å². The second-order valence-electron chi connectivity index (χ2n) is 6.25. The van der Waals surface area contributed by atoms with Gasteiger partial charge in [0, 0.05) is 19.1 Å². The smallest absolute Gasteiger partial charge is 0.350 e. The zero-order chi connectivity index (χ0) is 17.2. The van der Waals surface area contributed by atoms with Gasteiger partial charge in [0.05, 0.1) is 18.6 Å². The Hall–Kier alpha value is -2.55. The van der Waals surface area contributed by atoms with Crippen LogP contribution >= 0.6 is 0 Å². The quantitative estimate of drug-likeness (QED) is 0.736. The first-order valence-corrected chi connectivity index (χ1v) is 7.70. The van der Waals surface area contributed by atoms with Gasteiger partial charge in [0.15, 0.2) is 11.6 Å². The molecule has 0 atom stereocenters. The van der Waals surface area contributed by atoms with E-state index in [-0.39, 0.29) is 41.5 Å². The molecule has 2 heterocycles. The Bertz CT molecular complexity index is 957. The van der Waals surface area contributed by atoms with Crippen LogP contribution in [-0.4, -0.2) is 40.7 Å². The lowest BCUT2D eigenvalue weighted by Gasteiger charge is -2.38. The van der Waals surface area contributed by atoms with Crippen molar-refractivity contribution in [1.82, 2.24) is 9.24 Å². The maximum atomic E-state index is 14.6. The topological polar surface area (TPSA) is 103 Å². The van der Waals surface area contributed by atoms with Gasteiger partial charge in [-0.2, -0.15) is 4.68 Å². The number of rotatable bonds is 3. The summed E-state index contributed by atoms with van der Waals surface area (Å²) in [6, 6.07) is 1.01. The van der Waals surface area contributed by atoms with Crippen LogP contribution in [0.3, 0.4) is 0 Å². The standard InChI is InChI=1S/C15H17FN4O4/c1-24-13-11-9(4-10(16)12(13)18-5-8(21)6-18)14(22)20(17)15(23)19(11)7-2-3-7/h4,7-8,21H,2-3,5-6,17H2,1H3. The Kier molecular flexibility index (Phi) is 3.11. The van der Waals surface area contributed by atoms with Gasteiger partial charge in [-0.3, -0.25) is 9.36 Å². The van der Waals surface area contributed by atoms with Crippen LogP contribution in [0.4, 0.5) is 10.1 Å². The fourth-order valence-electron chi connectivity index (χ4n) is 3.23. The van der Waals surface area contributed by atoms with Gasteiger partial charge >= 0.3 is 5.69 Å².